The summed E-state index contributed by atoms with van der Waals surface area (Å²) in [5.74, 6) is 1.07. The number of benzene rings is 2. The number of aromatic nitrogens is 3. The number of thioether (sulfide) groups is 1. The molecule has 0 aliphatic rings. The fraction of sp³-hybridized carbons (Fsp3) is 0.250. The zero-order valence-corrected chi connectivity index (χ0v) is 18.5. The Balaban J connectivity index is 1.62. The second-order valence-corrected chi connectivity index (χ2v) is 8.46. The average Bonchev–Trinajstić information content (AvgIpc) is 3.04. The van der Waals surface area contributed by atoms with Crippen LogP contribution in [0, 0.1) is 6.92 Å². The summed E-state index contributed by atoms with van der Waals surface area (Å²) >= 11 is 13.5. The Labute approximate surface area is 183 Å². The van der Waals surface area contributed by atoms with Gasteiger partial charge in [-0.3, -0.25) is 4.79 Å². The van der Waals surface area contributed by atoms with Crippen LogP contribution in [-0.4, -0.2) is 25.9 Å². The van der Waals surface area contributed by atoms with Crippen LogP contribution in [0.25, 0.3) is 0 Å². The number of rotatable bonds is 7. The first-order chi connectivity index (χ1) is 13.9. The van der Waals surface area contributed by atoms with Crippen LogP contribution < -0.4 is 10.1 Å². The number of nitrogens with one attached hydrogen (secondary N) is 1. The van der Waals surface area contributed by atoms with Gasteiger partial charge < -0.3 is 14.6 Å². The summed E-state index contributed by atoms with van der Waals surface area (Å²) in [6.45, 7) is 3.90. The first-order valence-corrected chi connectivity index (χ1v) is 10.5. The van der Waals surface area contributed by atoms with Crippen molar-refractivity contribution in [2.45, 2.75) is 30.9 Å². The number of hydrogen-bond acceptors (Lipinski definition) is 5. The fourth-order valence-corrected chi connectivity index (χ4v) is 3.66. The van der Waals surface area contributed by atoms with Crippen LogP contribution in [0.2, 0.25) is 10.0 Å². The van der Waals surface area contributed by atoms with E-state index < -0.39 is 0 Å². The van der Waals surface area contributed by atoms with Gasteiger partial charge in [0.05, 0.1) is 10.3 Å². The maximum atomic E-state index is 12.6. The summed E-state index contributed by atoms with van der Waals surface area (Å²) in [4.78, 5) is 12.6. The van der Waals surface area contributed by atoms with Crippen LogP contribution in [0.4, 0.5) is 5.69 Å². The van der Waals surface area contributed by atoms with Crippen LogP contribution >= 0.6 is 35.0 Å². The van der Waals surface area contributed by atoms with Gasteiger partial charge in [0.1, 0.15) is 12.4 Å². The first kappa shape index (κ1) is 21.5. The van der Waals surface area contributed by atoms with E-state index in [-0.39, 0.29) is 17.8 Å². The molecule has 9 heteroatoms. The molecule has 0 spiro atoms. The van der Waals surface area contributed by atoms with Crippen molar-refractivity contribution in [1.29, 1.82) is 0 Å². The van der Waals surface area contributed by atoms with E-state index in [1.165, 1.54) is 11.8 Å². The third kappa shape index (κ3) is 5.23. The summed E-state index contributed by atoms with van der Waals surface area (Å²) in [7, 11) is 1.83. The van der Waals surface area contributed by atoms with Gasteiger partial charge in [-0.15, -0.1) is 10.2 Å². The number of carbonyl (C=O) groups excluding carboxylic acids is 1. The molecule has 1 aromatic heterocycles. The summed E-state index contributed by atoms with van der Waals surface area (Å²) < 4.78 is 7.52. The lowest BCUT2D eigenvalue weighted by atomic mass is 10.2. The molecule has 0 saturated carbocycles. The number of amides is 1. The smallest absolute Gasteiger partial charge is 0.237 e. The third-order valence-corrected chi connectivity index (χ3v) is 6.15. The van der Waals surface area contributed by atoms with Gasteiger partial charge in [-0.05, 0) is 43.7 Å². The normalized spacial score (nSPS) is 11.9. The highest BCUT2D eigenvalue weighted by Crippen LogP contribution is 2.27. The molecular weight excluding hydrogens is 431 g/mol. The van der Waals surface area contributed by atoms with Crippen LogP contribution in [-0.2, 0) is 18.4 Å². The van der Waals surface area contributed by atoms with E-state index >= 15 is 0 Å². The molecule has 152 valence electrons. The molecule has 3 rings (SSSR count). The largest absolute Gasteiger partial charge is 0.484 e. The average molecular weight is 451 g/mol. The Kier molecular flexibility index (Phi) is 7.05. The summed E-state index contributed by atoms with van der Waals surface area (Å²) in [6.07, 6.45) is 0. The molecule has 0 aliphatic carbocycles. The van der Waals surface area contributed by atoms with Gasteiger partial charge >= 0.3 is 0 Å². The van der Waals surface area contributed by atoms with Crippen LogP contribution in [0.5, 0.6) is 5.75 Å². The molecule has 0 radical (unpaired) electrons. The number of para-hydroxylation sites is 1. The quantitative estimate of drug-likeness (QED) is 0.505. The van der Waals surface area contributed by atoms with Gasteiger partial charge in [0.25, 0.3) is 0 Å². The number of ether oxygens (including phenoxy) is 1. The van der Waals surface area contributed by atoms with Crippen molar-refractivity contribution in [1.82, 2.24) is 14.8 Å². The molecule has 1 heterocycles. The third-order valence-electron chi connectivity index (χ3n) is 4.30. The Morgan fingerprint density at radius 2 is 1.90 bits per heavy atom. The molecule has 3 aromatic rings. The van der Waals surface area contributed by atoms with Crippen LogP contribution in [0.3, 0.4) is 0 Å². The highest BCUT2D eigenvalue weighted by Gasteiger charge is 2.20. The van der Waals surface area contributed by atoms with Crippen molar-refractivity contribution in [2.24, 2.45) is 7.05 Å². The molecule has 0 saturated heterocycles. The molecule has 0 fully saturated rings. The lowest BCUT2D eigenvalue weighted by Gasteiger charge is -2.14. The highest BCUT2D eigenvalue weighted by molar-refractivity contribution is 8.00. The molecule has 1 N–H and O–H groups in total. The predicted octanol–water partition coefficient (Wildman–Crippen LogP) is 5.13. The van der Waals surface area contributed by atoms with E-state index in [1.807, 2.05) is 39.1 Å². The van der Waals surface area contributed by atoms with Gasteiger partial charge in [0.15, 0.2) is 11.0 Å². The number of nitrogens with zero attached hydrogens (tertiary/aromatic N) is 3. The van der Waals surface area contributed by atoms with Crippen molar-refractivity contribution in [3.63, 3.8) is 0 Å². The summed E-state index contributed by atoms with van der Waals surface area (Å²) in [6, 6.07) is 12.6. The van der Waals surface area contributed by atoms with E-state index in [1.54, 1.807) is 28.8 Å². The summed E-state index contributed by atoms with van der Waals surface area (Å²) in [5, 5.41) is 12.6. The second-order valence-electron chi connectivity index (χ2n) is 6.34. The van der Waals surface area contributed by atoms with Crippen LogP contribution in [0.15, 0.2) is 47.6 Å². The van der Waals surface area contributed by atoms with E-state index in [2.05, 4.69) is 15.5 Å². The lowest BCUT2D eigenvalue weighted by molar-refractivity contribution is -0.115. The van der Waals surface area contributed by atoms with Crippen molar-refractivity contribution in [3.8, 4) is 5.75 Å². The standard InChI is InChI=1S/C20H20Cl2N4O2S/c1-12-14(21)8-6-9-16(12)23-19(27)13(2)29-20-25-24-18(26(20)3)11-28-17-10-5-4-7-15(17)22/h4-10,13H,11H2,1-3H3,(H,23,27). The predicted molar refractivity (Wildman–Crippen MR) is 117 cm³/mol. The van der Waals surface area contributed by atoms with E-state index in [9.17, 15) is 4.79 Å². The van der Waals surface area contributed by atoms with Gasteiger partial charge in [-0.25, -0.2) is 0 Å². The maximum Gasteiger partial charge on any atom is 0.237 e. The zero-order chi connectivity index (χ0) is 21.0. The maximum absolute atomic E-state index is 12.6. The Bertz CT molecular complexity index is 1030. The monoisotopic (exact) mass is 450 g/mol. The van der Waals surface area contributed by atoms with Crippen molar-refractivity contribution in [3.05, 3.63) is 63.9 Å². The number of halogens is 2. The summed E-state index contributed by atoms with van der Waals surface area (Å²) in [5.41, 5.74) is 1.53. The topological polar surface area (TPSA) is 69.0 Å². The second kappa shape index (κ2) is 9.52. The number of anilines is 1. The van der Waals surface area contributed by atoms with E-state index in [4.69, 9.17) is 27.9 Å². The molecule has 2 aromatic carbocycles. The molecule has 6 nitrogen and oxygen atoms in total. The molecular formula is C20H20Cl2N4O2S. The molecule has 0 aliphatic heterocycles. The van der Waals surface area contributed by atoms with Gasteiger partial charge in [-0.2, -0.15) is 0 Å². The zero-order valence-electron chi connectivity index (χ0n) is 16.1. The minimum Gasteiger partial charge on any atom is -0.484 e. The Hall–Kier alpha value is -2.22. The molecule has 1 atom stereocenters. The fourth-order valence-electron chi connectivity index (χ4n) is 2.47. The molecule has 1 unspecified atom stereocenters. The van der Waals surface area contributed by atoms with E-state index in [0.717, 1.165) is 5.56 Å². The van der Waals surface area contributed by atoms with Gasteiger partial charge in [0, 0.05) is 17.8 Å². The molecule has 0 bridgehead atoms. The lowest BCUT2D eigenvalue weighted by Crippen LogP contribution is -2.23. The number of hydrogen-bond donors (Lipinski definition) is 1. The number of carbonyl (C=O) groups is 1. The minimum atomic E-state index is -0.381. The van der Waals surface area contributed by atoms with E-state index in [0.29, 0.717) is 32.5 Å². The first-order valence-electron chi connectivity index (χ1n) is 8.85. The van der Waals surface area contributed by atoms with Crippen molar-refractivity contribution < 1.29 is 9.53 Å². The van der Waals surface area contributed by atoms with Crippen molar-refractivity contribution >= 4 is 46.6 Å². The van der Waals surface area contributed by atoms with Gasteiger partial charge in [-0.1, -0.05) is 53.2 Å². The van der Waals surface area contributed by atoms with Gasteiger partial charge in [0.2, 0.25) is 5.91 Å². The minimum absolute atomic E-state index is 0.141. The Morgan fingerprint density at radius 3 is 2.66 bits per heavy atom. The Morgan fingerprint density at radius 1 is 1.17 bits per heavy atom. The molecule has 29 heavy (non-hydrogen) atoms. The van der Waals surface area contributed by atoms with Crippen LogP contribution in [0.1, 0.15) is 18.3 Å². The van der Waals surface area contributed by atoms with Crippen molar-refractivity contribution in [2.75, 3.05) is 5.32 Å². The molecule has 1 amide bonds. The highest BCUT2D eigenvalue weighted by atomic mass is 35.5. The SMILES string of the molecule is Cc1c(Cl)cccc1NC(=O)C(C)Sc1nnc(COc2ccccc2Cl)n1C.